The van der Waals surface area contributed by atoms with Gasteiger partial charge in [0.1, 0.15) is 0 Å². The monoisotopic (exact) mass is 193 g/mol. The summed E-state index contributed by atoms with van der Waals surface area (Å²) in [5, 5.41) is 0. The lowest BCUT2D eigenvalue weighted by Crippen LogP contribution is -2.39. The number of hydrogen-bond acceptors (Lipinski definition) is 1. The highest BCUT2D eigenvalue weighted by Gasteiger charge is 2.54. The highest BCUT2D eigenvalue weighted by molar-refractivity contribution is 5.81. The van der Waals surface area contributed by atoms with Crippen LogP contribution >= 0.6 is 0 Å². The van der Waals surface area contributed by atoms with Gasteiger partial charge in [-0.2, -0.15) is 0 Å². The average Bonchev–Trinajstić information content (AvgIpc) is 2.30. The molecular weight excluding hydrogens is 174 g/mol. The minimum Gasteiger partial charge on any atom is -0.369 e. The zero-order valence-electron chi connectivity index (χ0n) is 8.67. The van der Waals surface area contributed by atoms with E-state index in [0.717, 1.165) is 37.0 Å². The first-order valence-corrected chi connectivity index (χ1v) is 5.99. The third-order valence-corrected chi connectivity index (χ3v) is 5.00. The predicted molar refractivity (Wildman–Crippen MR) is 54.4 cm³/mol. The normalized spacial score (nSPS) is 50.4. The Hall–Kier alpha value is -0.530. The van der Waals surface area contributed by atoms with Gasteiger partial charge in [-0.05, 0) is 43.4 Å². The first-order chi connectivity index (χ1) is 6.70. The maximum absolute atomic E-state index is 11.6. The second kappa shape index (κ2) is 2.74. The molecule has 2 nitrogen and oxygen atoms in total. The summed E-state index contributed by atoms with van der Waals surface area (Å²) in [7, 11) is 0. The first kappa shape index (κ1) is 8.75. The molecule has 3 aliphatic carbocycles. The van der Waals surface area contributed by atoms with Gasteiger partial charge in [0.25, 0.3) is 0 Å². The van der Waals surface area contributed by atoms with E-state index in [9.17, 15) is 4.79 Å². The van der Waals surface area contributed by atoms with Gasteiger partial charge in [0.2, 0.25) is 5.91 Å². The van der Waals surface area contributed by atoms with Crippen molar-refractivity contribution in [3.05, 3.63) is 0 Å². The molecule has 14 heavy (non-hydrogen) atoms. The molecule has 3 saturated carbocycles. The summed E-state index contributed by atoms with van der Waals surface area (Å²) in [6, 6.07) is 0. The molecule has 0 spiro atoms. The fraction of sp³-hybridized carbons (Fsp3) is 0.917. The van der Waals surface area contributed by atoms with Crippen molar-refractivity contribution in [3.8, 4) is 0 Å². The summed E-state index contributed by atoms with van der Waals surface area (Å²) in [5.74, 6) is 2.48. The van der Waals surface area contributed by atoms with Gasteiger partial charge >= 0.3 is 0 Å². The largest absolute Gasteiger partial charge is 0.369 e. The molecule has 0 aliphatic heterocycles. The quantitative estimate of drug-likeness (QED) is 0.680. The molecule has 3 aliphatic rings. The summed E-state index contributed by atoms with van der Waals surface area (Å²) in [4.78, 5) is 11.6. The zero-order chi connectivity index (χ0) is 9.76. The van der Waals surface area contributed by atoms with Gasteiger partial charge in [-0.1, -0.05) is 19.3 Å². The van der Waals surface area contributed by atoms with E-state index in [1.165, 1.54) is 25.7 Å². The molecule has 4 atom stereocenters. The number of carbonyl (C=O) groups excluding carboxylic acids is 1. The summed E-state index contributed by atoms with van der Waals surface area (Å²) >= 11 is 0. The molecule has 1 amide bonds. The Kier molecular flexibility index (Phi) is 1.71. The Morgan fingerprint density at radius 2 is 1.93 bits per heavy atom. The number of fused-ring (bicyclic) bond motifs is 2. The second-order valence-corrected chi connectivity index (χ2v) is 5.81. The smallest absolute Gasteiger partial charge is 0.223 e. The van der Waals surface area contributed by atoms with Gasteiger partial charge in [0, 0.05) is 5.41 Å². The molecule has 2 N–H and O–H groups in total. The molecular formula is C12H19NO. The molecule has 0 aromatic rings. The van der Waals surface area contributed by atoms with E-state index in [4.69, 9.17) is 5.73 Å². The maximum atomic E-state index is 11.6. The third kappa shape index (κ3) is 1.06. The minimum atomic E-state index is -0.0708. The summed E-state index contributed by atoms with van der Waals surface area (Å²) in [5.41, 5.74) is 5.53. The average molecular weight is 193 g/mol. The van der Waals surface area contributed by atoms with Crippen molar-refractivity contribution in [2.24, 2.45) is 28.9 Å². The van der Waals surface area contributed by atoms with Gasteiger partial charge in [0.05, 0.1) is 0 Å². The third-order valence-electron chi connectivity index (χ3n) is 5.00. The molecule has 2 heteroatoms. The summed E-state index contributed by atoms with van der Waals surface area (Å²) in [6.07, 6.45) is 8.82. The van der Waals surface area contributed by atoms with Crippen molar-refractivity contribution in [1.82, 2.24) is 0 Å². The van der Waals surface area contributed by atoms with Crippen LogP contribution in [-0.4, -0.2) is 5.91 Å². The van der Waals surface area contributed by atoms with Crippen LogP contribution in [0.5, 0.6) is 0 Å². The van der Waals surface area contributed by atoms with Gasteiger partial charge in [0.15, 0.2) is 0 Å². The van der Waals surface area contributed by atoms with Crippen LogP contribution in [0.15, 0.2) is 0 Å². The SMILES string of the molecule is NC(=O)C12CC3C[C@H](CCC[C@H]3C1)C2. The zero-order valence-corrected chi connectivity index (χ0v) is 8.67. The Morgan fingerprint density at radius 3 is 2.71 bits per heavy atom. The molecule has 3 bridgehead atoms. The van der Waals surface area contributed by atoms with Crippen LogP contribution in [-0.2, 0) is 4.79 Å². The number of amides is 1. The number of nitrogens with two attached hydrogens (primary N) is 1. The van der Waals surface area contributed by atoms with Crippen molar-refractivity contribution < 1.29 is 4.79 Å². The fourth-order valence-corrected chi connectivity index (χ4v) is 4.46. The molecule has 0 aromatic heterocycles. The molecule has 2 unspecified atom stereocenters. The Balaban J connectivity index is 1.95. The molecule has 0 aromatic carbocycles. The van der Waals surface area contributed by atoms with Gasteiger partial charge in [-0.25, -0.2) is 0 Å². The molecule has 3 rings (SSSR count). The molecule has 78 valence electrons. The Labute approximate surface area is 85.2 Å². The number of hydrogen-bond donors (Lipinski definition) is 1. The minimum absolute atomic E-state index is 0.00315. The predicted octanol–water partition coefficient (Wildman–Crippen LogP) is 2.08. The molecule has 0 heterocycles. The summed E-state index contributed by atoms with van der Waals surface area (Å²) < 4.78 is 0. The van der Waals surface area contributed by atoms with Crippen molar-refractivity contribution in [2.45, 2.75) is 44.9 Å². The Morgan fingerprint density at radius 1 is 1.14 bits per heavy atom. The highest BCUT2D eigenvalue weighted by Crippen LogP contribution is 2.59. The maximum Gasteiger partial charge on any atom is 0.223 e. The number of primary amides is 1. The van der Waals surface area contributed by atoms with Crippen molar-refractivity contribution in [1.29, 1.82) is 0 Å². The van der Waals surface area contributed by atoms with E-state index in [1.54, 1.807) is 0 Å². The van der Waals surface area contributed by atoms with E-state index < -0.39 is 0 Å². The van der Waals surface area contributed by atoms with Crippen LogP contribution < -0.4 is 5.73 Å². The lowest BCUT2D eigenvalue weighted by molar-refractivity contribution is -0.129. The van der Waals surface area contributed by atoms with Crippen LogP contribution in [0.2, 0.25) is 0 Å². The first-order valence-electron chi connectivity index (χ1n) is 5.99. The van der Waals surface area contributed by atoms with Crippen LogP contribution in [0, 0.1) is 23.2 Å². The van der Waals surface area contributed by atoms with E-state index >= 15 is 0 Å². The van der Waals surface area contributed by atoms with Crippen molar-refractivity contribution >= 4 is 5.91 Å². The lowest BCUT2D eigenvalue weighted by Gasteiger charge is -2.35. The van der Waals surface area contributed by atoms with Gasteiger partial charge in [-0.3, -0.25) is 4.79 Å². The van der Waals surface area contributed by atoms with Crippen LogP contribution in [0.25, 0.3) is 0 Å². The molecule has 0 radical (unpaired) electrons. The van der Waals surface area contributed by atoms with Gasteiger partial charge in [-0.15, -0.1) is 0 Å². The van der Waals surface area contributed by atoms with E-state index in [-0.39, 0.29) is 11.3 Å². The standard InChI is InChI=1S/C12H19NO/c13-11(14)12-5-8-2-1-3-9(6-12)10(4-8)7-12/h8-10H,1-7H2,(H2,13,14)/t8-,9-,10?,12?/m0/s1. The van der Waals surface area contributed by atoms with Crippen LogP contribution in [0.4, 0.5) is 0 Å². The van der Waals surface area contributed by atoms with E-state index in [1.807, 2.05) is 0 Å². The fourth-order valence-electron chi connectivity index (χ4n) is 4.46. The van der Waals surface area contributed by atoms with Crippen molar-refractivity contribution in [2.75, 3.05) is 0 Å². The van der Waals surface area contributed by atoms with E-state index in [0.29, 0.717) is 0 Å². The number of rotatable bonds is 1. The molecule has 3 fully saturated rings. The highest BCUT2D eigenvalue weighted by atomic mass is 16.1. The lowest BCUT2D eigenvalue weighted by atomic mass is 9.69. The van der Waals surface area contributed by atoms with Gasteiger partial charge < -0.3 is 5.73 Å². The van der Waals surface area contributed by atoms with Crippen LogP contribution in [0.1, 0.15) is 44.9 Å². The Bertz CT molecular complexity index is 271. The topological polar surface area (TPSA) is 43.1 Å². The van der Waals surface area contributed by atoms with Crippen molar-refractivity contribution in [3.63, 3.8) is 0 Å². The van der Waals surface area contributed by atoms with Crippen LogP contribution in [0.3, 0.4) is 0 Å². The number of carbonyl (C=O) groups is 1. The summed E-state index contributed by atoms with van der Waals surface area (Å²) in [6.45, 7) is 0. The van der Waals surface area contributed by atoms with E-state index in [2.05, 4.69) is 0 Å². The molecule has 0 saturated heterocycles. The second-order valence-electron chi connectivity index (χ2n) is 5.81.